The Balaban J connectivity index is 1.62. The fraction of sp³-hybridized carbons (Fsp3) is 0.0526. The maximum atomic E-state index is 11.8. The van der Waals surface area contributed by atoms with Gasteiger partial charge in [-0.25, -0.2) is 5.43 Å². The second kappa shape index (κ2) is 8.01. The molecular weight excluding hydrogens is 359 g/mol. The van der Waals surface area contributed by atoms with E-state index in [4.69, 9.17) is 27.6 Å². The number of halogens is 2. The molecule has 0 spiro atoms. The molecule has 1 N–H and O–H groups in total. The molecule has 1 amide bonds. The second-order valence-electron chi connectivity index (χ2n) is 5.26. The molecule has 1 aromatic heterocycles. The molecule has 0 aliphatic carbocycles. The van der Waals surface area contributed by atoms with Crippen LogP contribution in [0.4, 0.5) is 0 Å². The highest BCUT2D eigenvalue weighted by molar-refractivity contribution is 6.43. The second-order valence-corrected chi connectivity index (χ2v) is 6.04. The summed E-state index contributed by atoms with van der Waals surface area (Å²) in [6.45, 7) is 0. The van der Waals surface area contributed by atoms with Crippen molar-refractivity contribution in [2.75, 3.05) is 0 Å². The predicted octanol–water partition coefficient (Wildman–Crippen LogP) is 4.95. The minimum Gasteiger partial charge on any atom is -0.455 e. The Morgan fingerprint density at radius 2 is 1.84 bits per heavy atom. The molecule has 126 valence electrons. The Bertz CT molecular complexity index is 905. The quantitative estimate of drug-likeness (QED) is 0.508. The van der Waals surface area contributed by atoms with Crippen LogP contribution in [-0.4, -0.2) is 12.1 Å². The monoisotopic (exact) mass is 372 g/mol. The van der Waals surface area contributed by atoms with Crippen LogP contribution in [0.3, 0.4) is 0 Å². The maximum Gasteiger partial charge on any atom is 0.244 e. The van der Waals surface area contributed by atoms with Gasteiger partial charge in [0.1, 0.15) is 11.5 Å². The van der Waals surface area contributed by atoms with Gasteiger partial charge in [-0.2, -0.15) is 5.10 Å². The summed E-state index contributed by atoms with van der Waals surface area (Å²) in [5, 5.41) is 4.79. The normalized spacial score (nSPS) is 11.0. The number of hydrogen-bond donors (Lipinski definition) is 1. The number of rotatable bonds is 5. The lowest BCUT2D eigenvalue weighted by Crippen LogP contribution is -2.19. The molecule has 3 rings (SSSR count). The van der Waals surface area contributed by atoms with Crippen molar-refractivity contribution in [2.24, 2.45) is 5.10 Å². The fourth-order valence-electron chi connectivity index (χ4n) is 2.25. The minimum atomic E-state index is -0.202. The summed E-state index contributed by atoms with van der Waals surface area (Å²) >= 11 is 12.2. The summed E-state index contributed by atoms with van der Waals surface area (Å²) in [4.78, 5) is 11.8. The number of hydrogen-bond acceptors (Lipinski definition) is 3. The molecule has 1 heterocycles. The number of nitrogens with zero attached hydrogens (tertiary/aromatic N) is 1. The third-order valence-corrected chi connectivity index (χ3v) is 4.25. The maximum absolute atomic E-state index is 11.8. The van der Waals surface area contributed by atoms with E-state index in [0.29, 0.717) is 27.1 Å². The molecule has 0 saturated heterocycles. The van der Waals surface area contributed by atoms with Crippen molar-refractivity contribution in [2.45, 2.75) is 6.42 Å². The number of carbonyl (C=O) groups excluding carboxylic acids is 1. The topological polar surface area (TPSA) is 54.6 Å². The first-order valence-corrected chi connectivity index (χ1v) is 8.29. The molecule has 4 nitrogen and oxygen atoms in total. The minimum absolute atomic E-state index is 0.202. The van der Waals surface area contributed by atoms with E-state index in [1.807, 2.05) is 36.4 Å². The van der Waals surface area contributed by atoms with E-state index >= 15 is 0 Å². The molecule has 0 bridgehead atoms. The number of nitrogens with one attached hydrogen (secondary N) is 1. The molecular formula is C19H14Cl2N2O2. The van der Waals surface area contributed by atoms with Crippen LogP contribution in [0.15, 0.2) is 70.2 Å². The van der Waals surface area contributed by atoms with Crippen LogP contribution >= 0.6 is 23.2 Å². The van der Waals surface area contributed by atoms with Crippen LogP contribution in [-0.2, 0) is 11.2 Å². The van der Waals surface area contributed by atoms with E-state index in [0.717, 1.165) is 5.56 Å². The van der Waals surface area contributed by atoms with E-state index in [1.54, 1.807) is 24.3 Å². The number of amides is 1. The van der Waals surface area contributed by atoms with Crippen molar-refractivity contribution in [1.29, 1.82) is 0 Å². The molecule has 2 aromatic carbocycles. The zero-order valence-corrected chi connectivity index (χ0v) is 14.6. The Hall–Kier alpha value is -2.56. The molecule has 0 radical (unpaired) electrons. The van der Waals surface area contributed by atoms with Crippen molar-refractivity contribution in [3.63, 3.8) is 0 Å². The summed E-state index contributed by atoms with van der Waals surface area (Å²) in [7, 11) is 0. The van der Waals surface area contributed by atoms with Gasteiger partial charge in [-0.1, -0.05) is 59.6 Å². The lowest BCUT2D eigenvalue weighted by atomic mass is 10.1. The number of hydrazone groups is 1. The molecule has 25 heavy (non-hydrogen) atoms. The van der Waals surface area contributed by atoms with Crippen molar-refractivity contribution < 1.29 is 9.21 Å². The van der Waals surface area contributed by atoms with Gasteiger partial charge in [0.2, 0.25) is 5.91 Å². The molecule has 0 unspecified atom stereocenters. The Morgan fingerprint density at radius 1 is 1.04 bits per heavy atom. The zero-order chi connectivity index (χ0) is 17.6. The highest BCUT2D eigenvalue weighted by Crippen LogP contribution is 2.34. The first-order valence-electron chi connectivity index (χ1n) is 7.53. The lowest BCUT2D eigenvalue weighted by molar-refractivity contribution is -0.120. The highest BCUT2D eigenvalue weighted by Gasteiger charge is 2.10. The van der Waals surface area contributed by atoms with Gasteiger partial charge < -0.3 is 4.42 Å². The van der Waals surface area contributed by atoms with Crippen LogP contribution in [0, 0.1) is 0 Å². The van der Waals surface area contributed by atoms with Crippen LogP contribution < -0.4 is 5.43 Å². The average Bonchev–Trinajstić information content (AvgIpc) is 3.07. The van der Waals surface area contributed by atoms with Gasteiger partial charge in [0, 0.05) is 5.56 Å². The largest absolute Gasteiger partial charge is 0.455 e. The summed E-state index contributed by atoms with van der Waals surface area (Å²) in [5.74, 6) is 0.864. The Labute approximate surface area is 155 Å². The molecule has 0 atom stereocenters. The summed E-state index contributed by atoms with van der Waals surface area (Å²) in [6, 6.07) is 18.3. The Morgan fingerprint density at radius 3 is 2.64 bits per heavy atom. The fourth-order valence-corrected chi connectivity index (χ4v) is 2.64. The van der Waals surface area contributed by atoms with Crippen molar-refractivity contribution in [3.8, 4) is 11.3 Å². The predicted molar refractivity (Wildman–Crippen MR) is 100 cm³/mol. The van der Waals surface area contributed by atoms with Crippen molar-refractivity contribution in [1.82, 2.24) is 5.43 Å². The summed E-state index contributed by atoms with van der Waals surface area (Å²) < 4.78 is 5.66. The van der Waals surface area contributed by atoms with E-state index < -0.39 is 0 Å². The van der Waals surface area contributed by atoms with Gasteiger partial charge in [0.05, 0.1) is 22.7 Å². The van der Waals surface area contributed by atoms with E-state index in [-0.39, 0.29) is 12.3 Å². The number of carbonyl (C=O) groups is 1. The van der Waals surface area contributed by atoms with Crippen molar-refractivity contribution >= 4 is 35.3 Å². The van der Waals surface area contributed by atoms with Gasteiger partial charge in [0.15, 0.2) is 0 Å². The first-order chi connectivity index (χ1) is 12.1. The summed E-state index contributed by atoms with van der Waals surface area (Å²) in [6.07, 6.45) is 1.70. The summed E-state index contributed by atoms with van der Waals surface area (Å²) in [5.41, 5.74) is 4.09. The van der Waals surface area contributed by atoms with E-state index in [2.05, 4.69) is 10.5 Å². The average molecular weight is 373 g/mol. The Kier molecular flexibility index (Phi) is 5.53. The van der Waals surface area contributed by atoms with Crippen LogP contribution in [0.2, 0.25) is 10.0 Å². The molecule has 6 heteroatoms. The zero-order valence-electron chi connectivity index (χ0n) is 13.1. The lowest BCUT2D eigenvalue weighted by Gasteiger charge is -2.02. The van der Waals surface area contributed by atoms with Gasteiger partial charge in [-0.3, -0.25) is 4.79 Å². The van der Waals surface area contributed by atoms with Gasteiger partial charge >= 0.3 is 0 Å². The van der Waals surface area contributed by atoms with Crippen LogP contribution in [0.5, 0.6) is 0 Å². The molecule has 0 aliphatic heterocycles. The molecule has 0 aliphatic rings. The van der Waals surface area contributed by atoms with E-state index in [1.165, 1.54) is 6.21 Å². The smallest absolute Gasteiger partial charge is 0.244 e. The SMILES string of the molecule is O=C(Cc1ccccc1)N/N=C\c1ccc(-c2cccc(Cl)c2Cl)o1. The number of furan rings is 1. The highest BCUT2D eigenvalue weighted by atomic mass is 35.5. The van der Waals surface area contributed by atoms with Crippen molar-refractivity contribution in [3.05, 3.63) is 82.0 Å². The van der Waals surface area contributed by atoms with Gasteiger partial charge in [-0.15, -0.1) is 0 Å². The van der Waals surface area contributed by atoms with Crippen LogP contribution in [0.1, 0.15) is 11.3 Å². The van der Waals surface area contributed by atoms with Gasteiger partial charge in [0.25, 0.3) is 0 Å². The number of benzene rings is 2. The van der Waals surface area contributed by atoms with Gasteiger partial charge in [-0.05, 0) is 29.8 Å². The third-order valence-electron chi connectivity index (χ3n) is 3.43. The molecule has 3 aromatic rings. The van der Waals surface area contributed by atoms with Crippen LogP contribution in [0.25, 0.3) is 11.3 Å². The van der Waals surface area contributed by atoms with E-state index in [9.17, 15) is 4.79 Å². The molecule has 0 fully saturated rings. The first kappa shape index (κ1) is 17.3. The molecule has 0 saturated carbocycles. The standard InChI is InChI=1S/C19H14Cl2N2O2/c20-16-8-4-7-15(19(16)21)17-10-9-14(25-17)12-22-23-18(24)11-13-5-2-1-3-6-13/h1-10,12H,11H2,(H,23,24)/b22-12-. The third kappa shape index (κ3) is 4.50.